The van der Waals surface area contributed by atoms with Gasteiger partial charge >= 0.3 is 0 Å². The Hall–Kier alpha value is -1.74. The molecule has 3 rings (SSSR count). The lowest BCUT2D eigenvalue weighted by molar-refractivity contribution is 0.562. The minimum absolute atomic E-state index is 0.171. The maximum Gasteiger partial charge on any atom is 0.211 e. The zero-order valence-electron chi connectivity index (χ0n) is 15.4. The topological polar surface area (TPSA) is 93.0 Å². The predicted octanol–water partition coefficient (Wildman–Crippen LogP) is 1.93. The molecule has 0 bridgehead atoms. The van der Waals surface area contributed by atoms with Crippen molar-refractivity contribution in [2.45, 2.75) is 52.0 Å². The standard InChI is InChI=1S/C17H28N6O2S/c1-2-3-12-26(24,25)21-8-11-23-17-15(13-20-23)16(18-14-19-17)22-9-6-4-5-7-10-22/h13-14,21H,2-12H2,1H3. The van der Waals surface area contributed by atoms with Crippen LogP contribution in [-0.2, 0) is 16.6 Å². The molecule has 0 atom stereocenters. The molecular weight excluding hydrogens is 352 g/mol. The van der Waals surface area contributed by atoms with Gasteiger partial charge in [0, 0.05) is 19.6 Å². The number of unbranched alkanes of at least 4 members (excludes halogenated alkanes) is 1. The van der Waals surface area contributed by atoms with Crippen LogP contribution in [0.2, 0.25) is 0 Å². The van der Waals surface area contributed by atoms with E-state index in [1.807, 2.05) is 6.92 Å². The molecule has 0 amide bonds. The minimum atomic E-state index is -3.21. The van der Waals surface area contributed by atoms with Crippen molar-refractivity contribution in [1.29, 1.82) is 0 Å². The molecule has 0 radical (unpaired) electrons. The third-order valence-corrected chi connectivity index (χ3v) is 6.20. The van der Waals surface area contributed by atoms with Gasteiger partial charge in [0.05, 0.1) is 23.9 Å². The summed E-state index contributed by atoms with van der Waals surface area (Å²) in [6.45, 7) is 4.76. The van der Waals surface area contributed by atoms with Gasteiger partial charge in [-0.2, -0.15) is 5.10 Å². The highest BCUT2D eigenvalue weighted by Gasteiger charge is 2.17. The van der Waals surface area contributed by atoms with Crippen LogP contribution in [-0.4, -0.2) is 53.6 Å². The Balaban J connectivity index is 1.70. The normalized spacial score (nSPS) is 16.1. The van der Waals surface area contributed by atoms with E-state index in [9.17, 15) is 8.42 Å². The summed E-state index contributed by atoms with van der Waals surface area (Å²) in [7, 11) is -3.21. The van der Waals surface area contributed by atoms with E-state index in [0.29, 0.717) is 19.5 Å². The van der Waals surface area contributed by atoms with Crippen LogP contribution in [0.25, 0.3) is 11.0 Å². The van der Waals surface area contributed by atoms with Gasteiger partial charge in [0.1, 0.15) is 12.1 Å². The van der Waals surface area contributed by atoms with Crippen molar-refractivity contribution >= 4 is 26.9 Å². The van der Waals surface area contributed by atoms with E-state index in [-0.39, 0.29) is 5.75 Å². The number of aromatic nitrogens is 4. The fraction of sp³-hybridized carbons (Fsp3) is 0.706. The van der Waals surface area contributed by atoms with Gasteiger partial charge < -0.3 is 4.90 Å². The first-order chi connectivity index (χ1) is 12.6. The quantitative estimate of drug-likeness (QED) is 0.752. The summed E-state index contributed by atoms with van der Waals surface area (Å²) in [4.78, 5) is 11.2. The molecule has 0 aliphatic carbocycles. The van der Waals surface area contributed by atoms with Gasteiger partial charge in [-0.15, -0.1) is 0 Å². The van der Waals surface area contributed by atoms with Gasteiger partial charge in [-0.3, -0.25) is 0 Å². The zero-order valence-corrected chi connectivity index (χ0v) is 16.2. The fourth-order valence-electron chi connectivity index (χ4n) is 3.29. The number of nitrogens with one attached hydrogen (secondary N) is 1. The number of fused-ring (bicyclic) bond motifs is 1. The van der Waals surface area contributed by atoms with Gasteiger partial charge in [-0.25, -0.2) is 27.8 Å². The summed E-state index contributed by atoms with van der Waals surface area (Å²) in [6, 6.07) is 0. The molecule has 144 valence electrons. The number of sulfonamides is 1. The molecule has 1 aliphatic heterocycles. The van der Waals surface area contributed by atoms with E-state index in [0.717, 1.165) is 36.4 Å². The first kappa shape index (κ1) is 19.0. The van der Waals surface area contributed by atoms with Crippen molar-refractivity contribution in [2.75, 3.05) is 30.3 Å². The molecule has 0 spiro atoms. The molecule has 9 heteroatoms. The third kappa shape index (κ3) is 4.70. The van der Waals surface area contributed by atoms with E-state index >= 15 is 0 Å². The fourth-order valence-corrected chi connectivity index (χ4v) is 4.51. The Labute approximate surface area is 155 Å². The molecular formula is C17H28N6O2S. The lowest BCUT2D eigenvalue weighted by Gasteiger charge is -2.21. The highest BCUT2D eigenvalue weighted by atomic mass is 32.2. The summed E-state index contributed by atoms with van der Waals surface area (Å²) < 4.78 is 28.2. The van der Waals surface area contributed by atoms with Crippen molar-refractivity contribution in [3.63, 3.8) is 0 Å². The van der Waals surface area contributed by atoms with Crippen LogP contribution in [0.15, 0.2) is 12.5 Å². The first-order valence-electron chi connectivity index (χ1n) is 9.49. The van der Waals surface area contributed by atoms with Crippen molar-refractivity contribution in [3.05, 3.63) is 12.5 Å². The number of hydrogen-bond donors (Lipinski definition) is 1. The maximum absolute atomic E-state index is 11.9. The molecule has 0 saturated carbocycles. The summed E-state index contributed by atoms with van der Waals surface area (Å²) in [5.74, 6) is 1.11. The smallest absolute Gasteiger partial charge is 0.211 e. The molecule has 8 nitrogen and oxygen atoms in total. The molecule has 0 aromatic carbocycles. The largest absolute Gasteiger partial charge is 0.356 e. The third-order valence-electron chi connectivity index (χ3n) is 4.73. The van der Waals surface area contributed by atoms with Gasteiger partial charge in [0.2, 0.25) is 10.0 Å². The van der Waals surface area contributed by atoms with E-state index < -0.39 is 10.0 Å². The van der Waals surface area contributed by atoms with Crippen molar-refractivity contribution in [1.82, 2.24) is 24.5 Å². The Morgan fingerprint density at radius 2 is 1.92 bits per heavy atom. The van der Waals surface area contributed by atoms with E-state index in [1.165, 1.54) is 25.7 Å². The molecule has 3 heterocycles. The average Bonchev–Trinajstić information content (AvgIpc) is 2.86. The Kier molecular flexibility index (Phi) is 6.42. The molecule has 1 saturated heterocycles. The van der Waals surface area contributed by atoms with Crippen LogP contribution in [0, 0.1) is 0 Å². The number of hydrogen-bond acceptors (Lipinski definition) is 6. The van der Waals surface area contributed by atoms with Gasteiger partial charge in [-0.05, 0) is 19.3 Å². The highest BCUT2D eigenvalue weighted by Crippen LogP contribution is 2.24. The van der Waals surface area contributed by atoms with E-state index in [2.05, 4.69) is 24.7 Å². The van der Waals surface area contributed by atoms with Crippen LogP contribution in [0.4, 0.5) is 5.82 Å². The number of anilines is 1. The Morgan fingerprint density at radius 3 is 2.65 bits per heavy atom. The van der Waals surface area contributed by atoms with Crippen LogP contribution in [0.3, 0.4) is 0 Å². The Bertz CT molecular complexity index is 812. The second-order valence-corrected chi connectivity index (χ2v) is 8.70. The lowest BCUT2D eigenvalue weighted by Crippen LogP contribution is -2.29. The number of rotatable bonds is 8. The van der Waals surface area contributed by atoms with Gasteiger partial charge in [-0.1, -0.05) is 26.2 Å². The van der Waals surface area contributed by atoms with Crippen molar-refractivity contribution < 1.29 is 8.42 Å². The summed E-state index contributed by atoms with van der Waals surface area (Å²) in [5.41, 5.74) is 0.756. The lowest BCUT2D eigenvalue weighted by atomic mass is 10.2. The number of nitrogens with zero attached hydrogens (tertiary/aromatic N) is 5. The van der Waals surface area contributed by atoms with Crippen LogP contribution >= 0.6 is 0 Å². The average molecular weight is 381 g/mol. The molecule has 0 unspecified atom stereocenters. The monoisotopic (exact) mass is 380 g/mol. The van der Waals surface area contributed by atoms with E-state index in [4.69, 9.17) is 0 Å². The van der Waals surface area contributed by atoms with E-state index in [1.54, 1.807) is 17.2 Å². The summed E-state index contributed by atoms with van der Waals surface area (Å²) >= 11 is 0. The minimum Gasteiger partial charge on any atom is -0.356 e. The van der Waals surface area contributed by atoms with Crippen molar-refractivity contribution in [2.24, 2.45) is 0 Å². The van der Waals surface area contributed by atoms with Gasteiger partial charge in [0.15, 0.2) is 5.65 Å². The van der Waals surface area contributed by atoms with Gasteiger partial charge in [0.25, 0.3) is 0 Å². The zero-order chi connectivity index (χ0) is 18.4. The van der Waals surface area contributed by atoms with Crippen LogP contribution in [0.5, 0.6) is 0 Å². The van der Waals surface area contributed by atoms with Crippen LogP contribution in [0.1, 0.15) is 45.4 Å². The first-order valence-corrected chi connectivity index (χ1v) is 11.1. The predicted molar refractivity (Wildman–Crippen MR) is 103 cm³/mol. The maximum atomic E-state index is 11.9. The SMILES string of the molecule is CCCCS(=O)(=O)NCCn1ncc2c(N3CCCCCC3)ncnc21. The van der Waals surface area contributed by atoms with Crippen molar-refractivity contribution in [3.8, 4) is 0 Å². The molecule has 26 heavy (non-hydrogen) atoms. The second-order valence-electron chi connectivity index (χ2n) is 6.77. The molecule has 2 aromatic rings. The Morgan fingerprint density at radius 1 is 1.15 bits per heavy atom. The van der Waals surface area contributed by atoms with Crippen LogP contribution < -0.4 is 9.62 Å². The molecule has 1 N–H and O–H groups in total. The second kappa shape index (κ2) is 8.77. The summed E-state index contributed by atoms with van der Waals surface area (Å²) in [5, 5.41) is 5.34. The summed E-state index contributed by atoms with van der Waals surface area (Å²) in [6.07, 6.45) is 9.79. The molecule has 1 aliphatic rings. The molecule has 2 aromatic heterocycles. The highest BCUT2D eigenvalue weighted by molar-refractivity contribution is 7.89. The molecule has 1 fully saturated rings.